The van der Waals surface area contributed by atoms with E-state index >= 15 is 0 Å². The summed E-state index contributed by atoms with van der Waals surface area (Å²) in [5.41, 5.74) is -1.28. The van der Waals surface area contributed by atoms with Gasteiger partial charge in [-0.15, -0.1) is 12.4 Å². The number of hydrogen-bond donors (Lipinski definition) is 1. The van der Waals surface area contributed by atoms with Crippen molar-refractivity contribution < 1.29 is 22.7 Å². The number of nitrogens with one attached hydrogen (secondary N) is 1. The predicted octanol–water partition coefficient (Wildman–Crippen LogP) is 3.27. The highest BCUT2D eigenvalue weighted by Crippen LogP contribution is 2.38. The maximum atomic E-state index is 12.8. The lowest BCUT2D eigenvalue weighted by atomic mass is 9.84. The molecular weight excluding hydrogens is 307 g/mol. The van der Waals surface area contributed by atoms with Crippen molar-refractivity contribution >= 4 is 18.4 Å². The Hall–Kier alpha value is -1.27. The monoisotopic (exact) mass is 323 g/mol. The molecule has 1 saturated heterocycles. The minimum absolute atomic E-state index is 0. The van der Waals surface area contributed by atoms with Crippen LogP contribution in [-0.2, 0) is 21.3 Å². The highest BCUT2D eigenvalue weighted by molar-refractivity contribution is 5.85. The molecule has 1 aromatic rings. The molecule has 0 aromatic heterocycles. The van der Waals surface area contributed by atoms with Crippen LogP contribution in [0.4, 0.5) is 13.2 Å². The van der Waals surface area contributed by atoms with Gasteiger partial charge in [-0.05, 0) is 30.8 Å². The molecule has 1 aliphatic heterocycles. The van der Waals surface area contributed by atoms with Crippen LogP contribution in [0.3, 0.4) is 0 Å². The molecule has 1 heterocycles. The van der Waals surface area contributed by atoms with Crippen molar-refractivity contribution in [3.8, 4) is 0 Å². The Morgan fingerprint density at radius 1 is 1.29 bits per heavy atom. The van der Waals surface area contributed by atoms with Gasteiger partial charge in [-0.2, -0.15) is 13.2 Å². The normalized spacial score (nSPS) is 17.7. The quantitative estimate of drug-likeness (QED) is 0.849. The van der Waals surface area contributed by atoms with Gasteiger partial charge in [0.1, 0.15) is 5.60 Å². The van der Waals surface area contributed by atoms with Crippen molar-refractivity contribution in [1.82, 2.24) is 5.32 Å². The number of ether oxygens (including phenoxy) is 1. The van der Waals surface area contributed by atoms with Crippen LogP contribution in [0, 0.1) is 0 Å². The summed E-state index contributed by atoms with van der Waals surface area (Å²) in [7, 11) is 0. The van der Waals surface area contributed by atoms with Crippen LogP contribution in [0.5, 0.6) is 0 Å². The first-order chi connectivity index (χ1) is 9.33. The molecule has 0 atom stereocenters. The summed E-state index contributed by atoms with van der Waals surface area (Å²) in [4.78, 5) is 11.3. The lowest BCUT2D eigenvalue weighted by molar-refractivity contribution is -0.161. The van der Waals surface area contributed by atoms with Crippen LogP contribution in [0.15, 0.2) is 24.3 Å². The standard InChI is InChI=1S/C14H16F3NO2.ClH/c1-10(19)20-13(5-7-18-8-6-13)11-3-2-4-12(9-11)14(15,16)17;/h2-4,9,18H,5-8H2,1H3;1H. The number of piperidine rings is 1. The number of benzene rings is 1. The third-order valence-corrected chi connectivity index (χ3v) is 3.47. The summed E-state index contributed by atoms with van der Waals surface area (Å²) < 4.78 is 43.8. The van der Waals surface area contributed by atoms with Crippen LogP contribution < -0.4 is 5.32 Å². The number of halogens is 4. The molecule has 0 unspecified atom stereocenters. The van der Waals surface area contributed by atoms with E-state index in [2.05, 4.69) is 5.32 Å². The van der Waals surface area contributed by atoms with E-state index in [-0.39, 0.29) is 12.4 Å². The minimum Gasteiger partial charge on any atom is -0.454 e. The summed E-state index contributed by atoms with van der Waals surface area (Å²) in [6.45, 7) is 2.48. The third kappa shape index (κ3) is 4.11. The molecule has 1 aliphatic rings. The molecule has 1 N–H and O–H groups in total. The second-order valence-electron chi connectivity index (χ2n) is 4.92. The van der Waals surface area contributed by atoms with Gasteiger partial charge in [0.15, 0.2) is 0 Å². The second kappa shape index (κ2) is 6.66. The van der Waals surface area contributed by atoms with Crippen molar-refractivity contribution in [3.63, 3.8) is 0 Å². The molecule has 21 heavy (non-hydrogen) atoms. The fourth-order valence-electron chi connectivity index (χ4n) is 2.53. The molecule has 7 heteroatoms. The van der Waals surface area contributed by atoms with Crippen molar-refractivity contribution in [2.45, 2.75) is 31.5 Å². The van der Waals surface area contributed by atoms with Gasteiger partial charge < -0.3 is 10.1 Å². The summed E-state index contributed by atoms with van der Waals surface area (Å²) in [5, 5.41) is 3.11. The van der Waals surface area contributed by atoms with Crippen molar-refractivity contribution in [3.05, 3.63) is 35.4 Å². The largest absolute Gasteiger partial charge is 0.454 e. The van der Waals surface area contributed by atoms with Gasteiger partial charge in [0, 0.05) is 19.8 Å². The maximum absolute atomic E-state index is 12.8. The van der Waals surface area contributed by atoms with E-state index in [0.717, 1.165) is 12.1 Å². The summed E-state index contributed by atoms with van der Waals surface area (Å²) in [6.07, 6.45) is -3.47. The van der Waals surface area contributed by atoms with Crippen LogP contribution in [0.1, 0.15) is 30.9 Å². The first-order valence-electron chi connectivity index (χ1n) is 6.41. The average molecular weight is 324 g/mol. The van der Waals surface area contributed by atoms with Crippen LogP contribution in [0.2, 0.25) is 0 Å². The van der Waals surface area contributed by atoms with Crippen molar-refractivity contribution in [1.29, 1.82) is 0 Å². The first-order valence-corrected chi connectivity index (χ1v) is 6.41. The molecule has 0 amide bonds. The minimum atomic E-state index is -4.40. The molecule has 118 valence electrons. The molecular formula is C14H17ClF3NO2. The zero-order valence-electron chi connectivity index (χ0n) is 11.5. The first kappa shape index (κ1) is 17.8. The smallest absolute Gasteiger partial charge is 0.416 e. The molecule has 0 bridgehead atoms. The second-order valence-corrected chi connectivity index (χ2v) is 4.92. The summed E-state index contributed by atoms with van der Waals surface area (Å²) >= 11 is 0. The van der Waals surface area contributed by atoms with Crippen LogP contribution in [0.25, 0.3) is 0 Å². The zero-order valence-corrected chi connectivity index (χ0v) is 12.3. The Labute approximate surface area is 127 Å². The predicted molar refractivity (Wildman–Crippen MR) is 74.2 cm³/mol. The lowest BCUT2D eigenvalue weighted by Gasteiger charge is -2.37. The molecule has 0 spiro atoms. The molecule has 0 radical (unpaired) electrons. The highest BCUT2D eigenvalue weighted by Gasteiger charge is 2.39. The van der Waals surface area contributed by atoms with Crippen molar-refractivity contribution in [2.24, 2.45) is 0 Å². The van der Waals surface area contributed by atoms with E-state index < -0.39 is 23.3 Å². The summed E-state index contributed by atoms with van der Waals surface area (Å²) in [5.74, 6) is -0.482. The molecule has 1 fully saturated rings. The van der Waals surface area contributed by atoms with Gasteiger partial charge in [-0.25, -0.2) is 0 Å². The number of hydrogen-bond acceptors (Lipinski definition) is 3. The molecule has 0 saturated carbocycles. The van der Waals surface area contributed by atoms with Gasteiger partial charge in [0.25, 0.3) is 0 Å². The Balaban J connectivity index is 0.00000220. The number of alkyl halides is 3. The van der Waals surface area contributed by atoms with Gasteiger partial charge in [0.2, 0.25) is 0 Å². The molecule has 0 aliphatic carbocycles. The number of esters is 1. The fourth-order valence-corrected chi connectivity index (χ4v) is 2.53. The number of carbonyl (C=O) groups excluding carboxylic acids is 1. The Morgan fingerprint density at radius 3 is 2.43 bits per heavy atom. The Kier molecular flexibility index (Phi) is 5.64. The lowest BCUT2D eigenvalue weighted by Crippen LogP contribution is -2.43. The highest BCUT2D eigenvalue weighted by atomic mass is 35.5. The van der Waals surface area contributed by atoms with Gasteiger partial charge in [-0.1, -0.05) is 12.1 Å². The fraction of sp³-hybridized carbons (Fsp3) is 0.500. The maximum Gasteiger partial charge on any atom is 0.416 e. The van der Waals surface area contributed by atoms with Gasteiger partial charge in [-0.3, -0.25) is 4.79 Å². The van der Waals surface area contributed by atoms with Gasteiger partial charge >= 0.3 is 12.1 Å². The van der Waals surface area contributed by atoms with E-state index in [1.54, 1.807) is 6.07 Å². The molecule has 2 rings (SSSR count). The average Bonchev–Trinajstić information content (AvgIpc) is 2.38. The van der Waals surface area contributed by atoms with E-state index in [9.17, 15) is 18.0 Å². The Morgan fingerprint density at radius 2 is 1.90 bits per heavy atom. The van der Waals surface area contributed by atoms with E-state index in [1.807, 2.05) is 0 Å². The number of rotatable bonds is 2. The molecule has 1 aromatic carbocycles. The number of carbonyl (C=O) groups is 1. The van der Waals surface area contributed by atoms with Crippen LogP contribution in [-0.4, -0.2) is 19.1 Å². The van der Waals surface area contributed by atoms with E-state index in [1.165, 1.54) is 13.0 Å². The van der Waals surface area contributed by atoms with E-state index in [4.69, 9.17) is 4.74 Å². The van der Waals surface area contributed by atoms with E-state index in [0.29, 0.717) is 31.5 Å². The zero-order chi connectivity index (χ0) is 14.8. The Bertz CT molecular complexity index is 499. The summed E-state index contributed by atoms with van der Waals surface area (Å²) in [6, 6.07) is 5.04. The molecule has 3 nitrogen and oxygen atoms in total. The topological polar surface area (TPSA) is 38.3 Å². The van der Waals surface area contributed by atoms with Crippen LogP contribution >= 0.6 is 12.4 Å². The SMILES string of the molecule is CC(=O)OC1(c2cccc(C(F)(F)F)c2)CCNCC1.Cl. The van der Waals surface area contributed by atoms with Gasteiger partial charge in [0.05, 0.1) is 5.56 Å². The third-order valence-electron chi connectivity index (χ3n) is 3.47. The van der Waals surface area contributed by atoms with Crippen molar-refractivity contribution in [2.75, 3.05) is 13.1 Å².